The molecule has 162 valence electrons. The molecule has 0 spiro atoms. The molecule has 1 aliphatic heterocycles. The first kappa shape index (κ1) is 21.7. The number of halogens is 2. The number of hydrogen-bond acceptors (Lipinski definition) is 3. The Morgan fingerprint density at radius 2 is 1.87 bits per heavy atom. The number of carbonyl (C=O) groups is 2. The summed E-state index contributed by atoms with van der Waals surface area (Å²) in [6, 6.07) is 6.32. The molecule has 1 aliphatic carbocycles. The summed E-state index contributed by atoms with van der Waals surface area (Å²) in [4.78, 5) is 27.0. The summed E-state index contributed by atoms with van der Waals surface area (Å²) in [6.07, 6.45) is 7.58. The van der Waals surface area contributed by atoms with Gasteiger partial charge in [-0.3, -0.25) is 19.8 Å². The van der Waals surface area contributed by atoms with Gasteiger partial charge in [0.2, 0.25) is 0 Å². The van der Waals surface area contributed by atoms with Gasteiger partial charge in [-0.05, 0) is 74.8 Å². The van der Waals surface area contributed by atoms with E-state index in [1.54, 1.807) is 6.08 Å². The second-order valence-electron chi connectivity index (χ2n) is 8.04. The van der Waals surface area contributed by atoms with Crippen molar-refractivity contribution in [3.8, 4) is 0 Å². The number of thiocarbonyl (C=S) groups is 1. The number of anilines is 1. The summed E-state index contributed by atoms with van der Waals surface area (Å²) >= 11 is 11.1. The van der Waals surface area contributed by atoms with Crippen LogP contribution in [0.1, 0.15) is 55.1 Å². The van der Waals surface area contributed by atoms with E-state index in [0.717, 1.165) is 40.8 Å². The van der Waals surface area contributed by atoms with Gasteiger partial charge in [-0.2, -0.15) is 0 Å². The number of hydrogen-bond donors (Lipinski definition) is 1. The molecule has 1 saturated carbocycles. The number of aromatic nitrogens is 1. The lowest BCUT2D eigenvalue weighted by Gasteiger charge is -2.29. The van der Waals surface area contributed by atoms with Crippen LogP contribution >= 0.6 is 23.8 Å². The van der Waals surface area contributed by atoms with E-state index < -0.39 is 17.6 Å². The Morgan fingerprint density at radius 1 is 1.16 bits per heavy atom. The number of carbonyl (C=O) groups excluding carboxylic acids is 2. The van der Waals surface area contributed by atoms with Crippen LogP contribution in [0.15, 0.2) is 29.8 Å². The quantitative estimate of drug-likeness (QED) is 0.388. The molecule has 2 amide bonds. The largest absolute Gasteiger partial charge is 0.346 e. The summed E-state index contributed by atoms with van der Waals surface area (Å²) in [5.41, 5.74) is 3.23. The van der Waals surface area contributed by atoms with Gasteiger partial charge in [0.25, 0.3) is 11.8 Å². The predicted molar refractivity (Wildman–Crippen MR) is 124 cm³/mol. The number of amides is 2. The molecule has 1 saturated heterocycles. The zero-order chi connectivity index (χ0) is 22.3. The third-order valence-electron chi connectivity index (χ3n) is 6.03. The molecule has 8 heteroatoms. The Balaban J connectivity index is 1.71. The monoisotopic (exact) mass is 459 g/mol. The van der Waals surface area contributed by atoms with Crippen molar-refractivity contribution in [1.29, 1.82) is 0 Å². The van der Waals surface area contributed by atoms with Crippen LogP contribution in [-0.4, -0.2) is 21.5 Å². The molecule has 2 aliphatic rings. The van der Waals surface area contributed by atoms with Crippen LogP contribution in [0, 0.1) is 19.7 Å². The third kappa shape index (κ3) is 4.04. The standard InChI is InChI=1S/C23H23ClFN3O2S/c1-13-10-15(14(2)27(13)16-6-4-3-5-7-16)11-18-21(29)26-23(31)28(22(18)30)17-8-9-20(25)19(24)12-17/h8-12,16H,3-7H2,1-2H3,(H,26,29,31)/b18-11+. The van der Waals surface area contributed by atoms with E-state index in [1.165, 1.54) is 31.4 Å². The SMILES string of the molecule is Cc1cc(/C=C2\C(=O)NC(=S)N(c3ccc(F)c(Cl)c3)C2=O)c(C)n1C1CCCCC1. The summed E-state index contributed by atoms with van der Waals surface area (Å²) in [7, 11) is 0. The molecule has 2 fully saturated rings. The smallest absolute Gasteiger partial charge is 0.270 e. The lowest BCUT2D eigenvalue weighted by atomic mass is 9.95. The highest BCUT2D eigenvalue weighted by Gasteiger charge is 2.35. The first-order valence-electron chi connectivity index (χ1n) is 10.3. The van der Waals surface area contributed by atoms with Crippen molar-refractivity contribution in [3.05, 3.63) is 57.6 Å². The van der Waals surface area contributed by atoms with Gasteiger partial charge >= 0.3 is 0 Å². The minimum Gasteiger partial charge on any atom is -0.346 e. The molecule has 0 radical (unpaired) electrons. The Kier molecular flexibility index (Phi) is 5.99. The average molecular weight is 460 g/mol. The summed E-state index contributed by atoms with van der Waals surface area (Å²) in [5.74, 6) is -1.73. The van der Waals surface area contributed by atoms with E-state index in [2.05, 4.69) is 9.88 Å². The van der Waals surface area contributed by atoms with Crippen molar-refractivity contribution in [2.45, 2.75) is 52.0 Å². The van der Waals surface area contributed by atoms with Crippen molar-refractivity contribution >= 4 is 52.5 Å². The van der Waals surface area contributed by atoms with Crippen LogP contribution < -0.4 is 10.2 Å². The van der Waals surface area contributed by atoms with E-state index in [9.17, 15) is 14.0 Å². The number of nitrogens with zero attached hydrogens (tertiary/aromatic N) is 2. The molecule has 2 aromatic rings. The second-order valence-corrected chi connectivity index (χ2v) is 8.84. The fraction of sp³-hybridized carbons (Fsp3) is 0.348. The molecule has 2 heterocycles. The van der Waals surface area contributed by atoms with Crippen molar-refractivity contribution in [3.63, 3.8) is 0 Å². The van der Waals surface area contributed by atoms with E-state index in [0.29, 0.717) is 11.7 Å². The van der Waals surface area contributed by atoms with E-state index in [1.807, 2.05) is 19.9 Å². The number of benzene rings is 1. The molecule has 0 unspecified atom stereocenters. The molecule has 0 bridgehead atoms. The van der Waals surface area contributed by atoms with Crippen LogP contribution in [-0.2, 0) is 9.59 Å². The summed E-state index contributed by atoms with van der Waals surface area (Å²) < 4.78 is 15.9. The van der Waals surface area contributed by atoms with Crippen LogP contribution in [0.4, 0.5) is 10.1 Å². The molecule has 1 aromatic carbocycles. The minimum atomic E-state index is -0.601. The molecule has 0 atom stereocenters. The lowest BCUT2D eigenvalue weighted by molar-refractivity contribution is -0.122. The average Bonchev–Trinajstić information content (AvgIpc) is 3.01. The maximum atomic E-state index is 13.6. The zero-order valence-corrected chi connectivity index (χ0v) is 18.9. The molecule has 4 rings (SSSR count). The maximum Gasteiger partial charge on any atom is 0.270 e. The van der Waals surface area contributed by atoms with Gasteiger partial charge in [0.1, 0.15) is 11.4 Å². The van der Waals surface area contributed by atoms with Gasteiger partial charge in [0.05, 0.1) is 10.7 Å². The van der Waals surface area contributed by atoms with E-state index in [-0.39, 0.29) is 15.7 Å². The normalized spacial score (nSPS) is 19.3. The van der Waals surface area contributed by atoms with Gasteiger partial charge in [-0.1, -0.05) is 30.9 Å². The highest BCUT2D eigenvalue weighted by atomic mass is 35.5. The van der Waals surface area contributed by atoms with Crippen LogP contribution in [0.2, 0.25) is 5.02 Å². The summed E-state index contributed by atoms with van der Waals surface area (Å²) in [5, 5.41) is 2.35. The highest BCUT2D eigenvalue weighted by molar-refractivity contribution is 7.80. The number of aryl methyl sites for hydroxylation is 1. The van der Waals surface area contributed by atoms with Crippen LogP contribution in [0.25, 0.3) is 6.08 Å². The molecule has 1 aromatic heterocycles. The molecular formula is C23H23ClFN3O2S. The van der Waals surface area contributed by atoms with Gasteiger partial charge < -0.3 is 4.57 Å². The lowest BCUT2D eigenvalue weighted by Crippen LogP contribution is -2.54. The summed E-state index contributed by atoms with van der Waals surface area (Å²) in [6.45, 7) is 4.07. The highest BCUT2D eigenvalue weighted by Crippen LogP contribution is 2.33. The minimum absolute atomic E-state index is 0.0297. The Labute approximate surface area is 190 Å². The van der Waals surface area contributed by atoms with Crippen molar-refractivity contribution in [2.75, 3.05) is 4.90 Å². The van der Waals surface area contributed by atoms with Crippen LogP contribution in [0.3, 0.4) is 0 Å². The topological polar surface area (TPSA) is 54.3 Å². The third-order valence-corrected chi connectivity index (χ3v) is 6.60. The molecule has 5 nitrogen and oxygen atoms in total. The zero-order valence-electron chi connectivity index (χ0n) is 17.4. The maximum absolute atomic E-state index is 13.6. The Hall–Kier alpha value is -2.51. The second kappa shape index (κ2) is 8.55. The van der Waals surface area contributed by atoms with Gasteiger partial charge in [0, 0.05) is 17.4 Å². The first-order chi connectivity index (χ1) is 14.8. The van der Waals surface area contributed by atoms with Crippen molar-refractivity contribution < 1.29 is 14.0 Å². The molecule has 31 heavy (non-hydrogen) atoms. The first-order valence-corrected chi connectivity index (χ1v) is 11.1. The Bertz CT molecular complexity index is 1120. The Morgan fingerprint density at radius 3 is 2.55 bits per heavy atom. The fourth-order valence-electron chi connectivity index (χ4n) is 4.52. The van der Waals surface area contributed by atoms with Crippen molar-refractivity contribution in [1.82, 2.24) is 9.88 Å². The van der Waals surface area contributed by atoms with Gasteiger partial charge in [-0.15, -0.1) is 0 Å². The van der Waals surface area contributed by atoms with Gasteiger partial charge in [0.15, 0.2) is 5.11 Å². The van der Waals surface area contributed by atoms with E-state index >= 15 is 0 Å². The number of rotatable bonds is 3. The van der Waals surface area contributed by atoms with Crippen molar-refractivity contribution in [2.24, 2.45) is 0 Å². The molecule has 1 N–H and O–H groups in total. The van der Waals surface area contributed by atoms with Crippen LogP contribution in [0.5, 0.6) is 0 Å². The fourth-order valence-corrected chi connectivity index (χ4v) is 4.98. The number of nitrogens with one attached hydrogen (secondary N) is 1. The van der Waals surface area contributed by atoms with E-state index in [4.69, 9.17) is 23.8 Å². The van der Waals surface area contributed by atoms with Gasteiger partial charge in [-0.25, -0.2) is 4.39 Å². The molecular weight excluding hydrogens is 437 g/mol. The predicted octanol–water partition coefficient (Wildman–Crippen LogP) is 5.23.